The molecule has 0 bridgehead atoms. The van der Waals surface area contributed by atoms with Crippen LogP contribution in [0.15, 0.2) is 97.1 Å². The van der Waals surface area contributed by atoms with Gasteiger partial charge in [0.25, 0.3) is 0 Å². The molecule has 4 heteroatoms. The predicted octanol–water partition coefficient (Wildman–Crippen LogP) is 5.92. The summed E-state index contributed by atoms with van der Waals surface area (Å²) in [7, 11) is -1.51. The highest BCUT2D eigenvalue weighted by Crippen LogP contribution is 2.53. The van der Waals surface area contributed by atoms with Crippen LogP contribution in [0.5, 0.6) is 0 Å². The third-order valence-corrected chi connectivity index (χ3v) is 7.78. The molecule has 35 heavy (non-hydrogen) atoms. The SMILES string of the molecule is CC1(C)c2cc3c(cc2-c2c1ccc1ccccc21)c1ccccc1n3-c1cccc(B(O)O)c1. The third kappa shape index (κ3) is 2.75. The van der Waals surface area contributed by atoms with Crippen LogP contribution in [0.2, 0.25) is 0 Å². The lowest BCUT2D eigenvalue weighted by molar-refractivity contribution is 0.426. The summed E-state index contributed by atoms with van der Waals surface area (Å²) in [4.78, 5) is 0. The van der Waals surface area contributed by atoms with E-state index in [1.165, 1.54) is 43.8 Å². The maximum absolute atomic E-state index is 9.80. The van der Waals surface area contributed by atoms with Gasteiger partial charge in [-0.1, -0.05) is 80.6 Å². The molecule has 6 aromatic rings. The minimum absolute atomic E-state index is 0.132. The molecule has 0 atom stereocenters. The van der Waals surface area contributed by atoms with Gasteiger partial charge in [-0.05, 0) is 68.8 Å². The van der Waals surface area contributed by atoms with E-state index >= 15 is 0 Å². The number of rotatable bonds is 2. The van der Waals surface area contributed by atoms with E-state index in [0.29, 0.717) is 5.46 Å². The number of benzene rings is 5. The van der Waals surface area contributed by atoms with Gasteiger partial charge < -0.3 is 14.6 Å². The molecule has 0 amide bonds. The molecule has 0 radical (unpaired) electrons. The fourth-order valence-electron chi connectivity index (χ4n) is 6.07. The first-order valence-corrected chi connectivity index (χ1v) is 12.0. The summed E-state index contributed by atoms with van der Waals surface area (Å²) in [5.41, 5.74) is 8.82. The summed E-state index contributed by atoms with van der Waals surface area (Å²) in [6.45, 7) is 4.63. The van der Waals surface area contributed by atoms with Crippen molar-refractivity contribution in [3.63, 3.8) is 0 Å². The number of nitrogens with zero attached hydrogens (tertiary/aromatic N) is 1. The maximum Gasteiger partial charge on any atom is 0.488 e. The van der Waals surface area contributed by atoms with E-state index < -0.39 is 7.12 Å². The first kappa shape index (κ1) is 20.5. The average Bonchev–Trinajstić information content (AvgIpc) is 3.32. The molecule has 0 aliphatic heterocycles. The molecule has 1 aromatic heterocycles. The Morgan fingerprint density at radius 1 is 0.657 bits per heavy atom. The number of hydrogen-bond acceptors (Lipinski definition) is 2. The molecule has 168 valence electrons. The fraction of sp³-hybridized carbons (Fsp3) is 0.0968. The van der Waals surface area contributed by atoms with Crippen LogP contribution >= 0.6 is 0 Å². The van der Waals surface area contributed by atoms with E-state index in [4.69, 9.17) is 0 Å². The Kier molecular flexibility index (Phi) is 4.15. The van der Waals surface area contributed by atoms with E-state index in [2.05, 4.69) is 91.2 Å². The Hall–Kier alpha value is -3.86. The Labute approximate surface area is 204 Å². The minimum Gasteiger partial charge on any atom is -0.423 e. The summed E-state index contributed by atoms with van der Waals surface area (Å²) >= 11 is 0. The van der Waals surface area contributed by atoms with Crippen LogP contribution in [0.25, 0.3) is 49.4 Å². The molecule has 5 aromatic carbocycles. The van der Waals surface area contributed by atoms with Gasteiger partial charge in [0.15, 0.2) is 0 Å². The van der Waals surface area contributed by atoms with Crippen LogP contribution in [-0.4, -0.2) is 21.7 Å². The van der Waals surface area contributed by atoms with Crippen molar-refractivity contribution >= 4 is 45.2 Å². The third-order valence-electron chi connectivity index (χ3n) is 7.78. The highest BCUT2D eigenvalue weighted by Gasteiger charge is 2.37. The van der Waals surface area contributed by atoms with E-state index in [-0.39, 0.29) is 5.41 Å². The summed E-state index contributed by atoms with van der Waals surface area (Å²) in [6.07, 6.45) is 0. The topological polar surface area (TPSA) is 45.4 Å². The molecular weight excluding hydrogens is 429 g/mol. The standard InChI is InChI=1S/C31H24BNO2/c1-31(2)26-15-14-19-8-3-4-11-22(19)30(26)25-17-24-23-12-5-6-13-28(23)33(29(24)18-27(25)31)21-10-7-9-20(16-21)32(34)35/h3-18,34-35H,1-2H3. The Morgan fingerprint density at radius 2 is 1.43 bits per heavy atom. The molecule has 7 rings (SSSR count). The highest BCUT2D eigenvalue weighted by molar-refractivity contribution is 6.58. The van der Waals surface area contributed by atoms with Gasteiger partial charge in [-0.3, -0.25) is 0 Å². The van der Waals surface area contributed by atoms with Crippen LogP contribution in [0.4, 0.5) is 0 Å². The highest BCUT2D eigenvalue weighted by atomic mass is 16.4. The zero-order valence-corrected chi connectivity index (χ0v) is 19.7. The maximum atomic E-state index is 9.80. The summed E-state index contributed by atoms with van der Waals surface area (Å²) < 4.78 is 2.24. The molecule has 0 saturated carbocycles. The molecule has 1 aliphatic rings. The molecule has 3 nitrogen and oxygen atoms in total. The number of fused-ring (bicyclic) bond motifs is 8. The molecule has 0 fully saturated rings. The van der Waals surface area contributed by atoms with Gasteiger partial charge in [-0.2, -0.15) is 0 Å². The number of para-hydroxylation sites is 1. The summed E-state index contributed by atoms with van der Waals surface area (Å²) in [5.74, 6) is 0. The second kappa shape index (κ2) is 7.08. The largest absolute Gasteiger partial charge is 0.488 e. The molecule has 0 spiro atoms. The monoisotopic (exact) mass is 453 g/mol. The van der Waals surface area contributed by atoms with Crippen LogP contribution < -0.4 is 5.46 Å². The van der Waals surface area contributed by atoms with Gasteiger partial charge in [0.2, 0.25) is 0 Å². The number of aromatic nitrogens is 1. The quantitative estimate of drug-likeness (QED) is 0.320. The van der Waals surface area contributed by atoms with Crippen molar-refractivity contribution in [2.45, 2.75) is 19.3 Å². The van der Waals surface area contributed by atoms with Gasteiger partial charge in [-0.15, -0.1) is 0 Å². The smallest absolute Gasteiger partial charge is 0.423 e. The van der Waals surface area contributed by atoms with E-state index in [0.717, 1.165) is 16.7 Å². The molecule has 0 unspecified atom stereocenters. The van der Waals surface area contributed by atoms with E-state index in [1.807, 2.05) is 18.2 Å². The Bertz CT molecular complexity index is 1810. The Morgan fingerprint density at radius 3 is 2.26 bits per heavy atom. The Balaban J connectivity index is 1.61. The van der Waals surface area contributed by atoms with Crippen LogP contribution in [0, 0.1) is 0 Å². The normalized spacial score (nSPS) is 13.9. The van der Waals surface area contributed by atoms with Crippen molar-refractivity contribution < 1.29 is 10.0 Å². The average molecular weight is 453 g/mol. The zero-order valence-electron chi connectivity index (χ0n) is 19.7. The second-order valence-electron chi connectivity index (χ2n) is 10.1. The lowest BCUT2D eigenvalue weighted by atomic mass is 9.80. The van der Waals surface area contributed by atoms with Gasteiger partial charge in [0, 0.05) is 21.9 Å². The van der Waals surface area contributed by atoms with E-state index in [9.17, 15) is 10.0 Å². The second-order valence-corrected chi connectivity index (χ2v) is 10.1. The fourth-order valence-corrected chi connectivity index (χ4v) is 6.07. The van der Waals surface area contributed by atoms with Crippen molar-refractivity contribution in [1.29, 1.82) is 0 Å². The lowest BCUT2D eigenvalue weighted by Gasteiger charge is -2.22. The summed E-state index contributed by atoms with van der Waals surface area (Å²) in [6, 6.07) is 33.9. The van der Waals surface area contributed by atoms with E-state index in [1.54, 1.807) is 6.07 Å². The van der Waals surface area contributed by atoms with Crippen molar-refractivity contribution in [2.75, 3.05) is 0 Å². The molecular formula is C31H24BNO2. The van der Waals surface area contributed by atoms with Gasteiger partial charge in [0.1, 0.15) is 0 Å². The van der Waals surface area contributed by atoms with Crippen molar-refractivity contribution in [3.8, 4) is 16.8 Å². The lowest BCUT2D eigenvalue weighted by Crippen LogP contribution is -2.29. The zero-order chi connectivity index (χ0) is 23.9. The number of hydrogen-bond donors (Lipinski definition) is 2. The van der Waals surface area contributed by atoms with Crippen molar-refractivity contribution in [2.24, 2.45) is 0 Å². The van der Waals surface area contributed by atoms with Gasteiger partial charge in [0.05, 0.1) is 11.0 Å². The molecule has 0 saturated heterocycles. The molecule has 2 N–H and O–H groups in total. The van der Waals surface area contributed by atoms with Crippen LogP contribution in [-0.2, 0) is 5.41 Å². The summed E-state index contributed by atoms with van der Waals surface area (Å²) in [5, 5.41) is 24.5. The molecule has 1 heterocycles. The first-order valence-electron chi connectivity index (χ1n) is 12.0. The minimum atomic E-state index is -1.51. The van der Waals surface area contributed by atoms with Crippen LogP contribution in [0.3, 0.4) is 0 Å². The van der Waals surface area contributed by atoms with Gasteiger partial charge >= 0.3 is 7.12 Å². The molecule has 1 aliphatic carbocycles. The first-order chi connectivity index (χ1) is 16.9. The van der Waals surface area contributed by atoms with Crippen molar-refractivity contribution in [3.05, 3.63) is 108 Å². The van der Waals surface area contributed by atoms with Gasteiger partial charge in [-0.25, -0.2) is 0 Å². The van der Waals surface area contributed by atoms with Crippen molar-refractivity contribution in [1.82, 2.24) is 4.57 Å². The van der Waals surface area contributed by atoms with Crippen LogP contribution in [0.1, 0.15) is 25.0 Å². The predicted molar refractivity (Wildman–Crippen MR) is 146 cm³/mol.